The largest absolute Gasteiger partial charge is 0.365 e. The van der Waals surface area contributed by atoms with Crippen LogP contribution in [0.4, 0.5) is 4.39 Å². The van der Waals surface area contributed by atoms with Gasteiger partial charge in [-0.3, -0.25) is 9.59 Å². The van der Waals surface area contributed by atoms with E-state index in [1.165, 1.54) is 6.20 Å². The molecule has 1 saturated heterocycles. The van der Waals surface area contributed by atoms with Crippen LogP contribution in [0.15, 0.2) is 6.20 Å². The highest BCUT2D eigenvalue weighted by Gasteiger charge is 2.49. The lowest BCUT2D eigenvalue weighted by Crippen LogP contribution is -2.53. The lowest BCUT2D eigenvalue weighted by Gasteiger charge is -2.27. The van der Waals surface area contributed by atoms with E-state index in [0.717, 1.165) is 4.90 Å². The monoisotopic (exact) mass is 241 g/mol. The summed E-state index contributed by atoms with van der Waals surface area (Å²) in [5.41, 5.74) is 5.39. The van der Waals surface area contributed by atoms with Crippen molar-refractivity contribution in [1.82, 2.24) is 20.3 Å². The van der Waals surface area contributed by atoms with E-state index in [1.54, 1.807) is 0 Å². The molecule has 92 valence electrons. The zero-order valence-electron chi connectivity index (χ0n) is 9.02. The molecule has 2 amide bonds. The second-order valence-electron chi connectivity index (χ2n) is 3.91. The van der Waals surface area contributed by atoms with Crippen LogP contribution in [0.1, 0.15) is 18.5 Å². The van der Waals surface area contributed by atoms with Gasteiger partial charge in [-0.05, 0) is 6.42 Å². The molecular weight excluding hydrogens is 229 g/mol. The van der Waals surface area contributed by atoms with Crippen molar-refractivity contribution in [1.29, 1.82) is 0 Å². The number of halogens is 1. The Labute approximate surface area is 96.2 Å². The van der Waals surface area contributed by atoms with Crippen molar-refractivity contribution in [3.05, 3.63) is 11.9 Å². The Morgan fingerprint density at radius 3 is 3.00 bits per heavy atom. The Hall–Kier alpha value is -1.99. The molecule has 2 heterocycles. The van der Waals surface area contributed by atoms with Gasteiger partial charge in [0, 0.05) is 13.0 Å². The molecular formula is C9H12FN5O2. The van der Waals surface area contributed by atoms with Crippen molar-refractivity contribution in [2.75, 3.05) is 6.54 Å². The maximum absolute atomic E-state index is 14.2. The molecule has 0 bridgehead atoms. The van der Waals surface area contributed by atoms with E-state index in [0.29, 0.717) is 12.1 Å². The van der Waals surface area contributed by atoms with Crippen molar-refractivity contribution >= 4 is 11.8 Å². The fourth-order valence-electron chi connectivity index (χ4n) is 1.92. The van der Waals surface area contributed by atoms with E-state index < -0.39 is 17.6 Å². The summed E-state index contributed by atoms with van der Waals surface area (Å²) in [7, 11) is 0. The van der Waals surface area contributed by atoms with Crippen molar-refractivity contribution in [2.24, 2.45) is 5.73 Å². The van der Waals surface area contributed by atoms with Gasteiger partial charge in [0.15, 0.2) is 0 Å². The first-order valence-corrected chi connectivity index (χ1v) is 5.18. The van der Waals surface area contributed by atoms with E-state index in [9.17, 15) is 14.0 Å². The van der Waals surface area contributed by atoms with Gasteiger partial charge >= 0.3 is 0 Å². The highest BCUT2D eigenvalue weighted by Crippen LogP contribution is 2.30. The first-order valence-electron chi connectivity index (χ1n) is 5.18. The number of likely N-dealkylation sites (tertiary alicyclic amines) is 1. The zero-order chi connectivity index (χ0) is 12.5. The van der Waals surface area contributed by atoms with Crippen LogP contribution in [0, 0.1) is 0 Å². The number of aromatic amines is 1. The first kappa shape index (κ1) is 11.5. The highest BCUT2D eigenvalue weighted by atomic mass is 19.1. The number of amides is 2. The minimum atomic E-state index is -2.36. The molecule has 1 aromatic rings. The molecule has 1 aromatic heterocycles. The number of primary amides is 1. The molecule has 3 N–H and O–H groups in total. The van der Waals surface area contributed by atoms with Crippen molar-refractivity contribution in [3.63, 3.8) is 0 Å². The van der Waals surface area contributed by atoms with Gasteiger partial charge in [0.2, 0.25) is 5.91 Å². The topological polar surface area (TPSA) is 105 Å². The minimum absolute atomic E-state index is 0.0487. The third kappa shape index (κ3) is 1.97. The van der Waals surface area contributed by atoms with E-state index >= 15 is 0 Å². The molecule has 0 saturated carbocycles. The SMILES string of the molecule is NC(=O)C1(F)CCCN1C(=O)Cc1cn[nH]n1. The standard InChI is InChI=1S/C9H12FN5O2/c10-9(8(11)17)2-1-3-15(9)7(16)4-6-5-12-14-13-6/h5H,1-4H2,(H2,11,17)(H,12,13,14). The summed E-state index contributed by atoms with van der Waals surface area (Å²) in [5, 5.41) is 9.59. The van der Waals surface area contributed by atoms with Crippen LogP contribution in [0.5, 0.6) is 0 Å². The third-order valence-electron chi connectivity index (χ3n) is 2.79. The lowest BCUT2D eigenvalue weighted by molar-refractivity contribution is -0.153. The smallest absolute Gasteiger partial charge is 0.276 e. The van der Waals surface area contributed by atoms with Gasteiger partial charge in [0.1, 0.15) is 0 Å². The molecule has 1 unspecified atom stereocenters. The van der Waals surface area contributed by atoms with Crippen LogP contribution in [-0.4, -0.2) is 44.5 Å². The molecule has 1 fully saturated rings. The summed E-state index contributed by atoms with van der Waals surface area (Å²) < 4.78 is 14.2. The number of carbonyl (C=O) groups is 2. The Morgan fingerprint density at radius 2 is 2.41 bits per heavy atom. The molecule has 0 spiro atoms. The molecule has 0 aliphatic carbocycles. The minimum Gasteiger partial charge on any atom is -0.365 e. The van der Waals surface area contributed by atoms with Gasteiger partial charge in [-0.1, -0.05) is 0 Å². The summed E-state index contributed by atoms with van der Waals surface area (Å²) >= 11 is 0. The van der Waals surface area contributed by atoms with Crippen LogP contribution in [-0.2, 0) is 16.0 Å². The van der Waals surface area contributed by atoms with Gasteiger partial charge < -0.3 is 10.6 Å². The van der Waals surface area contributed by atoms with Crippen molar-refractivity contribution < 1.29 is 14.0 Å². The van der Waals surface area contributed by atoms with Crippen LogP contribution < -0.4 is 5.73 Å². The molecule has 1 aliphatic rings. The average molecular weight is 241 g/mol. The number of H-pyrrole nitrogens is 1. The van der Waals surface area contributed by atoms with Gasteiger partial charge in [-0.2, -0.15) is 15.4 Å². The summed E-state index contributed by atoms with van der Waals surface area (Å²) in [6, 6.07) is 0. The summed E-state index contributed by atoms with van der Waals surface area (Å²) in [6.45, 7) is 0.191. The molecule has 2 rings (SSSR count). The maximum atomic E-state index is 14.2. The molecule has 0 radical (unpaired) electrons. The number of alkyl halides is 1. The number of hydrogen-bond donors (Lipinski definition) is 2. The number of aromatic nitrogens is 3. The predicted octanol–water partition coefficient (Wildman–Crippen LogP) is -0.879. The Bertz CT molecular complexity index is 435. The first-order chi connectivity index (χ1) is 8.04. The molecule has 1 atom stereocenters. The molecule has 17 heavy (non-hydrogen) atoms. The average Bonchev–Trinajstić information content (AvgIpc) is 2.87. The van der Waals surface area contributed by atoms with Crippen LogP contribution in [0.25, 0.3) is 0 Å². The number of carbonyl (C=O) groups excluding carboxylic acids is 2. The molecule has 0 aromatic carbocycles. The normalized spacial score (nSPS) is 23.9. The van der Waals surface area contributed by atoms with Gasteiger partial charge in [-0.25, -0.2) is 4.39 Å². The number of nitrogens with one attached hydrogen (secondary N) is 1. The van der Waals surface area contributed by atoms with Crippen LogP contribution in [0.2, 0.25) is 0 Å². The number of rotatable bonds is 3. The van der Waals surface area contributed by atoms with Gasteiger partial charge in [0.25, 0.3) is 11.7 Å². The molecule has 1 aliphatic heterocycles. The predicted molar refractivity (Wildman–Crippen MR) is 54.1 cm³/mol. The summed E-state index contributed by atoms with van der Waals surface area (Å²) in [5.74, 6) is -4.00. The van der Waals surface area contributed by atoms with Crippen LogP contribution >= 0.6 is 0 Å². The highest BCUT2D eigenvalue weighted by molar-refractivity contribution is 5.90. The quantitative estimate of drug-likeness (QED) is 0.670. The molecule has 7 nitrogen and oxygen atoms in total. The third-order valence-corrected chi connectivity index (χ3v) is 2.79. The summed E-state index contributed by atoms with van der Waals surface area (Å²) in [6.07, 6.45) is 1.64. The molecule has 8 heteroatoms. The Balaban J connectivity index is 2.11. The van der Waals surface area contributed by atoms with E-state index in [2.05, 4.69) is 15.4 Å². The Morgan fingerprint density at radius 1 is 1.65 bits per heavy atom. The number of nitrogens with zero attached hydrogens (tertiary/aromatic N) is 3. The van der Waals surface area contributed by atoms with Gasteiger partial charge in [-0.15, -0.1) is 0 Å². The van der Waals surface area contributed by atoms with E-state index in [1.807, 2.05) is 0 Å². The lowest BCUT2D eigenvalue weighted by atomic mass is 10.1. The second-order valence-corrected chi connectivity index (χ2v) is 3.91. The van der Waals surface area contributed by atoms with Crippen molar-refractivity contribution in [3.8, 4) is 0 Å². The van der Waals surface area contributed by atoms with E-state index in [-0.39, 0.29) is 19.4 Å². The van der Waals surface area contributed by atoms with Crippen molar-refractivity contribution in [2.45, 2.75) is 25.1 Å². The number of hydrogen-bond acceptors (Lipinski definition) is 4. The fraction of sp³-hybridized carbons (Fsp3) is 0.556. The van der Waals surface area contributed by atoms with E-state index in [4.69, 9.17) is 5.73 Å². The van der Waals surface area contributed by atoms with Crippen LogP contribution in [0.3, 0.4) is 0 Å². The fourth-order valence-corrected chi connectivity index (χ4v) is 1.92. The summed E-state index contributed by atoms with van der Waals surface area (Å²) in [4.78, 5) is 23.8. The Kier molecular flexibility index (Phi) is 2.78. The number of nitrogens with two attached hydrogens (primary N) is 1. The second kappa shape index (κ2) is 4.11. The maximum Gasteiger partial charge on any atom is 0.276 e. The zero-order valence-corrected chi connectivity index (χ0v) is 9.02. The van der Waals surface area contributed by atoms with Gasteiger partial charge in [0.05, 0.1) is 18.3 Å².